The molecule has 1 aromatic rings. The molecule has 0 unspecified atom stereocenters. The van der Waals surface area contributed by atoms with Crippen LogP contribution >= 0.6 is 11.6 Å². The van der Waals surface area contributed by atoms with E-state index in [1.807, 2.05) is 13.8 Å². The maximum Gasteiger partial charge on any atom is 0.271 e. The molecule has 7 heteroatoms. The fraction of sp³-hybridized carbons (Fsp3) is 0.500. The third-order valence-corrected chi connectivity index (χ3v) is 2.93. The predicted molar refractivity (Wildman–Crippen MR) is 83.7 cm³/mol. The SMILES string of the molecule is CCCNC(=O)CCNC(=O)c1nc(NCC)ccc1Cl. The molecular weight excluding hydrogens is 292 g/mol. The molecule has 116 valence electrons. The standard InChI is InChI=1S/C14H21ClN4O2/c1-3-8-17-12(20)7-9-18-14(21)13-10(15)5-6-11(19-13)16-4-2/h5-6H,3-4,7-9H2,1-2H3,(H,16,19)(H,17,20)(H,18,21). The molecule has 0 saturated heterocycles. The van der Waals surface area contributed by atoms with Gasteiger partial charge in [-0.15, -0.1) is 0 Å². The molecule has 1 rings (SSSR count). The Bertz CT molecular complexity index is 494. The molecule has 21 heavy (non-hydrogen) atoms. The molecule has 0 fully saturated rings. The summed E-state index contributed by atoms with van der Waals surface area (Å²) in [5, 5.41) is 8.68. The Kier molecular flexibility index (Phi) is 7.53. The van der Waals surface area contributed by atoms with Crippen molar-refractivity contribution in [2.45, 2.75) is 26.7 Å². The quantitative estimate of drug-likeness (QED) is 0.683. The highest BCUT2D eigenvalue weighted by Crippen LogP contribution is 2.16. The van der Waals surface area contributed by atoms with Crippen LogP contribution in [0.1, 0.15) is 37.2 Å². The molecule has 3 N–H and O–H groups in total. The second-order valence-corrected chi connectivity index (χ2v) is 4.82. The zero-order chi connectivity index (χ0) is 15.7. The summed E-state index contributed by atoms with van der Waals surface area (Å²) in [6.45, 7) is 5.51. The van der Waals surface area contributed by atoms with Crippen LogP contribution in [0.5, 0.6) is 0 Å². The van der Waals surface area contributed by atoms with Crippen LogP contribution in [0.2, 0.25) is 5.02 Å². The van der Waals surface area contributed by atoms with Gasteiger partial charge in [0.1, 0.15) is 11.5 Å². The Balaban J connectivity index is 2.51. The van der Waals surface area contributed by atoms with Gasteiger partial charge in [0.05, 0.1) is 5.02 Å². The number of hydrogen-bond donors (Lipinski definition) is 3. The van der Waals surface area contributed by atoms with Gasteiger partial charge in [-0.3, -0.25) is 9.59 Å². The first-order valence-electron chi connectivity index (χ1n) is 7.03. The topological polar surface area (TPSA) is 83.1 Å². The fourth-order valence-electron chi connectivity index (χ4n) is 1.61. The van der Waals surface area contributed by atoms with Crippen LogP contribution < -0.4 is 16.0 Å². The lowest BCUT2D eigenvalue weighted by Crippen LogP contribution is -2.31. The van der Waals surface area contributed by atoms with Gasteiger partial charge >= 0.3 is 0 Å². The van der Waals surface area contributed by atoms with Gasteiger partial charge in [-0.2, -0.15) is 0 Å². The lowest BCUT2D eigenvalue weighted by molar-refractivity contribution is -0.120. The second-order valence-electron chi connectivity index (χ2n) is 4.41. The maximum absolute atomic E-state index is 12.0. The van der Waals surface area contributed by atoms with E-state index in [-0.39, 0.29) is 35.5 Å². The van der Waals surface area contributed by atoms with Gasteiger partial charge in [0, 0.05) is 26.1 Å². The smallest absolute Gasteiger partial charge is 0.271 e. The summed E-state index contributed by atoms with van der Waals surface area (Å²) in [5.41, 5.74) is 0.157. The number of halogens is 1. The number of anilines is 1. The van der Waals surface area contributed by atoms with Crippen molar-refractivity contribution in [1.29, 1.82) is 0 Å². The molecule has 0 radical (unpaired) electrons. The third kappa shape index (κ3) is 5.99. The van der Waals surface area contributed by atoms with E-state index in [9.17, 15) is 9.59 Å². The Morgan fingerprint density at radius 3 is 2.62 bits per heavy atom. The Hall–Kier alpha value is -1.82. The normalized spacial score (nSPS) is 10.0. The van der Waals surface area contributed by atoms with Crippen LogP contribution in [0.25, 0.3) is 0 Å². The number of carbonyl (C=O) groups is 2. The summed E-state index contributed by atoms with van der Waals surface area (Å²) in [5.74, 6) is 0.119. The molecule has 0 bridgehead atoms. The highest BCUT2D eigenvalue weighted by Gasteiger charge is 2.13. The summed E-state index contributed by atoms with van der Waals surface area (Å²) in [7, 11) is 0. The van der Waals surface area contributed by atoms with Gasteiger partial charge in [-0.05, 0) is 25.5 Å². The number of pyridine rings is 1. The summed E-state index contributed by atoms with van der Waals surface area (Å²) in [6, 6.07) is 3.33. The summed E-state index contributed by atoms with van der Waals surface area (Å²) in [6.07, 6.45) is 1.12. The van der Waals surface area contributed by atoms with E-state index in [0.717, 1.165) is 6.42 Å². The zero-order valence-electron chi connectivity index (χ0n) is 12.3. The van der Waals surface area contributed by atoms with Crippen LogP contribution in [-0.4, -0.2) is 36.4 Å². The second kappa shape index (κ2) is 9.18. The van der Waals surface area contributed by atoms with E-state index >= 15 is 0 Å². The van der Waals surface area contributed by atoms with E-state index in [0.29, 0.717) is 18.9 Å². The molecule has 6 nitrogen and oxygen atoms in total. The predicted octanol–water partition coefficient (Wildman–Crippen LogP) is 1.81. The first-order chi connectivity index (χ1) is 10.1. The van der Waals surface area contributed by atoms with Crippen LogP contribution in [0.15, 0.2) is 12.1 Å². The molecule has 0 atom stereocenters. The minimum Gasteiger partial charge on any atom is -0.370 e. The number of carbonyl (C=O) groups excluding carboxylic acids is 2. The molecule has 0 saturated carbocycles. The van der Waals surface area contributed by atoms with Gasteiger partial charge in [0.2, 0.25) is 5.91 Å². The van der Waals surface area contributed by atoms with Crippen molar-refractivity contribution < 1.29 is 9.59 Å². The largest absolute Gasteiger partial charge is 0.370 e. The number of nitrogens with one attached hydrogen (secondary N) is 3. The van der Waals surface area contributed by atoms with Crippen LogP contribution in [-0.2, 0) is 4.79 Å². The summed E-state index contributed by atoms with van der Waals surface area (Å²) in [4.78, 5) is 27.6. The number of amides is 2. The number of rotatable bonds is 8. The average molecular weight is 313 g/mol. The number of hydrogen-bond acceptors (Lipinski definition) is 4. The minimum atomic E-state index is -0.386. The molecule has 1 aromatic heterocycles. The van der Waals surface area contributed by atoms with Gasteiger partial charge in [-0.1, -0.05) is 18.5 Å². The Labute approximate surface area is 129 Å². The van der Waals surface area contributed by atoms with Gasteiger partial charge in [0.15, 0.2) is 0 Å². The molecule has 0 aliphatic heterocycles. The summed E-state index contributed by atoms with van der Waals surface area (Å²) < 4.78 is 0. The molecule has 1 heterocycles. The van der Waals surface area contributed by atoms with Crippen molar-refractivity contribution in [2.24, 2.45) is 0 Å². The van der Waals surface area contributed by atoms with Crippen molar-refractivity contribution in [2.75, 3.05) is 25.0 Å². The molecular formula is C14H21ClN4O2. The average Bonchev–Trinajstić information content (AvgIpc) is 2.47. The highest BCUT2D eigenvalue weighted by molar-refractivity contribution is 6.33. The third-order valence-electron chi connectivity index (χ3n) is 2.63. The lowest BCUT2D eigenvalue weighted by atomic mass is 10.3. The van der Waals surface area contributed by atoms with Crippen molar-refractivity contribution >= 4 is 29.2 Å². The van der Waals surface area contributed by atoms with Gasteiger partial charge in [-0.25, -0.2) is 4.98 Å². The maximum atomic E-state index is 12.0. The molecule has 0 aliphatic rings. The van der Waals surface area contributed by atoms with Crippen molar-refractivity contribution in [3.8, 4) is 0 Å². The number of nitrogens with zero attached hydrogens (tertiary/aromatic N) is 1. The van der Waals surface area contributed by atoms with Crippen LogP contribution in [0.4, 0.5) is 5.82 Å². The van der Waals surface area contributed by atoms with Crippen molar-refractivity contribution in [3.63, 3.8) is 0 Å². The van der Waals surface area contributed by atoms with E-state index in [2.05, 4.69) is 20.9 Å². The van der Waals surface area contributed by atoms with Crippen LogP contribution in [0.3, 0.4) is 0 Å². The van der Waals surface area contributed by atoms with Gasteiger partial charge < -0.3 is 16.0 Å². The zero-order valence-corrected chi connectivity index (χ0v) is 13.1. The van der Waals surface area contributed by atoms with E-state index in [1.165, 1.54) is 0 Å². The van der Waals surface area contributed by atoms with Crippen molar-refractivity contribution in [3.05, 3.63) is 22.8 Å². The van der Waals surface area contributed by atoms with E-state index < -0.39 is 0 Å². The highest BCUT2D eigenvalue weighted by atomic mass is 35.5. The van der Waals surface area contributed by atoms with E-state index in [4.69, 9.17) is 11.6 Å². The lowest BCUT2D eigenvalue weighted by Gasteiger charge is -2.08. The number of aromatic nitrogens is 1. The fourth-order valence-corrected chi connectivity index (χ4v) is 1.80. The Morgan fingerprint density at radius 1 is 1.19 bits per heavy atom. The van der Waals surface area contributed by atoms with Crippen LogP contribution in [0, 0.1) is 0 Å². The van der Waals surface area contributed by atoms with Crippen molar-refractivity contribution in [1.82, 2.24) is 15.6 Å². The van der Waals surface area contributed by atoms with Gasteiger partial charge in [0.25, 0.3) is 5.91 Å². The van der Waals surface area contributed by atoms with E-state index in [1.54, 1.807) is 12.1 Å². The minimum absolute atomic E-state index is 0.0855. The molecule has 0 aromatic carbocycles. The summed E-state index contributed by atoms with van der Waals surface area (Å²) >= 11 is 5.97. The molecule has 2 amide bonds. The first kappa shape index (κ1) is 17.2. The molecule has 0 aliphatic carbocycles. The first-order valence-corrected chi connectivity index (χ1v) is 7.41. The monoisotopic (exact) mass is 312 g/mol. The molecule has 0 spiro atoms. The Morgan fingerprint density at radius 2 is 1.95 bits per heavy atom.